The SMILES string of the molecule is COC(=O)[C@@H]1CCCN1S(=O)(=O)c1ccc(-c2c(-c3ccccc3)noc2C)cc1. The lowest BCUT2D eigenvalue weighted by Crippen LogP contribution is -2.40. The fourth-order valence-corrected chi connectivity index (χ4v) is 5.48. The first kappa shape index (κ1) is 20.3. The van der Waals surface area contributed by atoms with E-state index in [2.05, 4.69) is 5.16 Å². The minimum atomic E-state index is -3.81. The van der Waals surface area contributed by atoms with Gasteiger partial charge in [0.1, 0.15) is 17.5 Å². The highest BCUT2D eigenvalue weighted by molar-refractivity contribution is 7.89. The van der Waals surface area contributed by atoms with Gasteiger partial charge in [0.05, 0.1) is 17.6 Å². The molecule has 156 valence electrons. The van der Waals surface area contributed by atoms with Crippen LogP contribution in [0.1, 0.15) is 18.6 Å². The number of ether oxygens (including phenoxy) is 1. The molecule has 1 aromatic heterocycles. The number of sulfonamides is 1. The predicted molar refractivity (Wildman–Crippen MR) is 111 cm³/mol. The number of aromatic nitrogens is 1. The number of benzene rings is 2. The molecule has 8 heteroatoms. The van der Waals surface area contributed by atoms with Crippen LogP contribution in [0.4, 0.5) is 0 Å². The van der Waals surface area contributed by atoms with Crippen LogP contribution in [0.5, 0.6) is 0 Å². The molecule has 4 rings (SSSR count). The number of carbonyl (C=O) groups is 1. The van der Waals surface area contributed by atoms with E-state index in [1.54, 1.807) is 24.3 Å². The molecular weight excluding hydrogens is 404 g/mol. The molecule has 0 amide bonds. The second-order valence-electron chi connectivity index (χ2n) is 7.15. The Balaban J connectivity index is 1.68. The van der Waals surface area contributed by atoms with Crippen molar-refractivity contribution in [1.29, 1.82) is 0 Å². The highest BCUT2D eigenvalue weighted by Crippen LogP contribution is 2.35. The Hall–Kier alpha value is -2.97. The molecule has 3 aromatic rings. The summed E-state index contributed by atoms with van der Waals surface area (Å²) in [5, 5.41) is 4.18. The van der Waals surface area contributed by atoms with E-state index in [1.807, 2.05) is 37.3 Å². The summed E-state index contributed by atoms with van der Waals surface area (Å²) in [6.07, 6.45) is 1.09. The van der Waals surface area contributed by atoms with Gasteiger partial charge in [-0.3, -0.25) is 4.79 Å². The van der Waals surface area contributed by atoms with Gasteiger partial charge in [-0.05, 0) is 37.5 Å². The van der Waals surface area contributed by atoms with E-state index in [0.717, 1.165) is 16.7 Å². The third-order valence-corrected chi connectivity index (χ3v) is 7.26. The molecule has 7 nitrogen and oxygen atoms in total. The largest absolute Gasteiger partial charge is 0.468 e. The van der Waals surface area contributed by atoms with Crippen molar-refractivity contribution in [2.45, 2.75) is 30.7 Å². The van der Waals surface area contributed by atoms with Gasteiger partial charge in [-0.1, -0.05) is 47.6 Å². The lowest BCUT2D eigenvalue weighted by molar-refractivity contribution is -0.144. The molecule has 0 saturated carbocycles. The van der Waals surface area contributed by atoms with E-state index in [4.69, 9.17) is 9.26 Å². The second-order valence-corrected chi connectivity index (χ2v) is 9.04. The zero-order valence-corrected chi connectivity index (χ0v) is 17.6. The summed E-state index contributed by atoms with van der Waals surface area (Å²) in [6, 6.07) is 15.5. The molecule has 0 bridgehead atoms. The third kappa shape index (κ3) is 3.53. The van der Waals surface area contributed by atoms with Crippen LogP contribution < -0.4 is 0 Å². The molecule has 1 atom stereocenters. The van der Waals surface area contributed by atoms with Crippen LogP contribution in [0.3, 0.4) is 0 Å². The maximum Gasteiger partial charge on any atom is 0.324 e. The number of nitrogens with zero attached hydrogens (tertiary/aromatic N) is 2. The van der Waals surface area contributed by atoms with Gasteiger partial charge >= 0.3 is 5.97 Å². The van der Waals surface area contributed by atoms with E-state index >= 15 is 0 Å². The summed E-state index contributed by atoms with van der Waals surface area (Å²) in [4.78, 5) is 12.1. The molecular formula is C22H22N2O5S. The molecule has 0 radical (unpaired) electrons. The number of hydrogen-bond acceptors (Lipinski definition) is 6. The topological polar surface area (TPSA) is 89.7 Å². The van der Waals surface area contributed by atoms with Gasteiger partial charge in [-0.2, -0.15) is 4.31 Å². The lowest BCUT2D eigenvalue weighted by Gasteiger charge is -2.22. The van der Waals surface area contributed by atoms with Gasteiger partial charge in [0.25, 0.3) is 0 Å². The minimum Gasteiger partial charge on any atom is -0.468 e. The Bertz CT molecular complexity index is 1150. The van der Waals surface area contributed by atoms with Gasteiger partial charge in [-0.25, -0.2) is 8.42 Å². The highest BCUT2D eigenvalue weighted by Gasteiger charge is 2.40. The molecule has 0 spiro atoms. The van der Waals surface area contributed by atoms with Crippen molar-refractivity contribution in [1.82, 2.24) is 9.46 Å². The second kappa shape index (κ2) is 8.04. The van der Waals surface area contributed by atoms with Crippen LogP contribution >= 0.6 is 0 Å². The number of hydrogen-bond donors (Lipinski definition) is 0. The summed E-state index contributed by atoms with van der Waals surface area (Å²) in [6.45, 7) is 2.12. The van der Waals surface area contributed by atoms with Crippen LogP contribution in [0, 0.1) is 6.92 Å². The fourth-order valence-electron chi connectivity index (χ4n) is 3.83. The molecule has 30 heavy (non-hydrogen) atoms. The Kier molecular flexibility index (Phi) is 5.44. The van der Waals surface area contributed by atoms with Crippen LogP contribution in [-0.2, 0) is 19.6 Å². The van der Waals surface area contributed by atoms with E-state index in [0.29, 0.717) is 30.8 Å². The van der Waals surface area contributed by atoms with Crippen molar-refractivity contribution in [2.24, 2.45) is 0 Å². The predicted octanol–water partition coefficient (Wildman–Crippen LogP) is 3.64. The van der Waals surface area contributed by atoms with E-state index < -0.39 is 22.0 Å². The zero-order valence-electron chi connectivity index (χ0n) is 16.7. The molecule has 2 aromatic carbocycles. The first-order valence-corrected chi connectivity index (χ1v) is 11.1. The fraction of sp³-hybridized carbons (Fsp3) is 0.273. The van der Waals surface area contributed by atoms with E-state index in [9.17, 15) is 13.2 Å². The van der Waals surface area contributed by atoms with Gasteiger partial charge in [0, 0.05) is 12.1 Å². The Morgan fingerprint density at radius 1 is 1.10 bits per heavy atom. The maximum atomic E-state index is 13.1. The van der Waals surface area contributed by atoms with E-state index in [-0.39, 0.29) is 4.90 Å². The number of esters is 1. The standard InChI is InChI=1S/C22H22N2O5S/c1-15-20(21(23-29-15)17-7-4-3-5-8-17)16-10-12-18(13-11-16)30(26,27)24-14-6-9-19(24)22(25)28-2/h3-5,7-8,10-13,19H,6,9,14H2,1-2H3/t19-/m0/s1. The molecule has 0 unspecified atom stereocenters. The normalized spacial score (nSPS) is 17.2. The van der Waals surface area contributed by atoms with Gasteiger partial charge in [-0.15, -0.1) is 0 Å². The van der Waals surface area contributed by atoms with Crippen molar-refractivity contribution in [2.75, 3.05) is 13.7 Å². The number of methoxy groups -OCH3 is 1. The van der Waals surface area contributed by atoms with E-state index in [1.165, 1.54) is 11.4 Å². The number of carbonyl (C=O) groups excluding carboxylic acids is 1. The Labute approximate surface area is 175 Å². The summed E-state index contributed by atoms with van der Waals surface area (Å²) in [7, 11) is -2.54. The van der Waals surface area contributed by atoms with Crippen LogP contribution in [0.25, 0.3) is 22.4 Å². The van der Waals surface area contributed by atoms with Crippen molar-refractivity contribution in [3.05, 3.63) is 60.4 Å². The van der Waals surface area contributed by atoms with Gasteiger partial charge < -0.3 is 9.26 Å². The first-order valence-electron chi connectivity index (χ1n) is 9.65. The van der Waals surface area contributed by atoms with Crippen molar-refractivity contribution < 1.29 is 22.5 Å². The molecule has 1 fully saturated rings. The third-order valence-electron chi connectivity index (χ3n) is 5.34. The lowest BCUT2D eigenvalue weighted by atomic mass is 10.00. The van der Waals surface area contributed by atoms with Crippen molar-refractivity contribution in [3.63, 3.8) is 0 Å². The van der Waals surface area contributed by atoms with Crippen molar-refractivity contribution in [3.8, 4) is 22.4 Å². The minimum absolute atomic E-state index is 0.137. The number of aryl methyl sites for hydroxylation is 1. The molecule has 0 N–H and O–H groups in total. The first-order chi connectivity index (χ1) is 14.4. The monoisotopic (exact) mass is 426 g/mol. The molecule has 2 heterocycles. The molecule has 1 aliphatic heterocycles. The summed E-state index contributed by atoms with van der Waals surface area (Å²) >= 11 is 0. The Morgan fingerprint density at radius 3 is 2.47 bits per heavy atom. The highest BCUT2D eigenvalue weighted by atomic mass is 32.2. The van der Waals surface area contributed by atoms with Crippen LogP contribution in [0.15, 0.2) is 64.0 Å². The van der Waals surface area contributed by atoms with Crippen LogP contribution in [0.2, 0.25) is 0 Å². The molecule has 1 aliphatic rings. The molecule has 1 saturated heterocycles. The number of rotatable bonds is 5. The quantitative estimate of drug-likeness (QED) is 0.579. The molecule has 0 aliphatic carbocycles. The van der Waals surface area contributed by atoms with Crippen LogP contribution in [-0.4, -0.2) is 43.5 Å². The summed E-state index contributed by atoms with van der Waals surface area (Å²) < 4.78 is 37.6. The zero-order chi connectivity index (χ0) is 21.3. The average molecular weight is 426 g/mol. The van der Waals surface area contributed by atoms with Gasteiger partial charge in [0.15, 0.2) is 0 Å². The summed E-state index contributed by atoms with van der Waals surface area (Å²) in [5.74, 6) is 0.120. The summed E-state index contributed by atoms with van der Waals surface area (Å²) in [5.41, 5.74) is 3.24. The maximum absolute atomic E-state index is 13.1. The Morgan fingerprint density at radius 2 is 1.80 bits per heavy atom. The van der Waals surface area contributed by atoms with Crippen molar-refractivity contribution >= 4 is 16.0 Å². The van der Waals surface area contributed by atoms with Gasteiger partial charge in [0.2, 0.25) is 10.0 Å². The average Bonchev–Trinajstić information content (AvgIpc) is 3.41. The smallest absolute Gasteiger partial charge is 0.324 e.